The Balaban J connectivity index is 5.10. The van der Waals surface area contributed by atoms with Crippen LogP contribution in [0.2, 0.25) is 0 Å². The van der Waals surface area contributed by atoms with Crippen LogP contribution in [0, 0.1) is 5.92 Å². The summed E-state index contributed by atoms with van der Waals surface area (Å²) in [5.74, 6) is -1.27. The molecular formula is C85H166O17P2. The summed E-state index contributed by atoms with van der Waals surface area (Å²) in [5, 5.41) is 10.6. The van der Waals surface area contributed by atoms with Crippen molar-refractivity contribution in [3.63, 3.8) is 0 Å². The molecule has 0 fully saturated rings. The molecule has 17 nitrogen and oxygen atoms in total. The number of carbonyl (C=O) groups excluding carboxylic acids is 4. The van der Waals surface area contributed by atoms with Crippen molar-refractivity contribution < 1.29 is 80.2 Å². The van der Waals surface area contributed by atoms with Crippen molar-refractivity contribution in [2.75, 3.05) is 39.6 Å². The molecule has 0 aromatic carbocycles. The van der Waals surface area contributed by atoms with Gasteiger partial charge in [-0.05, 0) is 31.6 Å². The van der Waals surface area contributed by atoms with Gasteiger partial charge in [-0.25, -0.2) is 9.13 Å². The molecule has 0 aliphatic rings. The van der Waals surface area contributed by atoms with Gasteiger partial charge in [0, 0.05) is 25.7 Å². The van der Waals surface area contributed by atoms with Crippen LogP contribution in [-0.2, 0) is 65.4 Å². The molecule has 0 radical (unpaired) electrons. The fraction of sp³-hybridized carbons (Fsp3) is 0.953. The first-order chi connectivity index (χ1) is 50.6. The van der Waals surface area contributed by atoms with Crippen LogP contribution in [0.4, 0.5) is 0 Å². The van der Waals surface area contributed by atoms with Crippen LogP contribution >= 0.6 is 15.6 Å². The molecule has 0 aromatic rings. The molecule has 3 N–H and O–H groups in total. The zero-order chi connectivity index (χ0) is 76.2. The maximum absolute atomic E-state index is 13.1. The van der Waals surface area contributed by atoms with E-state index in [9.17, 15) is 43.2 Å². The third-order valence-electron chi connectivity index (χ3n) is 20.4. The fourth-order valence-electron chi connectivity index (χ4n) is 13.3. The monoisotopic (exact) mass is 1520 g/mol. The van der Waals surface area contributed by atoms with Gasteiger partial charge in [0.05, 0.1) is 26.4 Å². The standard InChI is InChI=1S/C85H166O17P2/c1-6-10-13-16-18-20-22-24-26-28-30-31-32-34-36-38-43-47-51-55-60-66-71-85(90)102-81(75-96-83(88)69-64-59-54-50-46-42-37-35-33-29-27-25-23-21-19-17-14-11-7-2)77-100-104(93,94)98-73-79(86)72-97-103(91,92)99-76-80(74-95-82(87)68-63-57-15-12-8-3)101-84(89)70-65-61-56-52-48-44-40-39-41-45-49-53-58-62-67-78(5)9-4/h78-81,86H,6-77H2,1-5H3,(H,91,92)(H,93,94)/t78?,79-,80+,81+/m0/s1. The number of rotatable bonds is 85. The normalized spacial score (nSPS) is 14.0. The molecule has 618 valence electrons. The van der Waals surface area contributed by atoms with Crippen LogP contribution in [0.5, 0.6) is 0 Å². The zero-order valence-corrected chi connectivity index (χ0v) is 70.0. The van der Waals surface area contributed by atoms with Gasteiger partial charge in [-0.1, -0.05) is 407 Å². The van der Waals surface area contributed by atoms with Gasteiger partial charge in [-0.3, -0.25) is 37.3 Å². The van der Waals surface area contributed by atoms with Gasteiger partial charge < -0.3 is 33.8 Å². The van der Waals surface area contributed by atoms with Gasteiger partial charge in [-0.2, -0.15) is 0 Å². The summed E-state index contributed by atoms with van der Waals surface area (Å²) in [5.41, 5.74) is 0. The second-order valence-corrected chi connectivity index (χ2v) is 33.7. The minimum atomic E-state index is -4.96. The number of esters is 4. The molecule has 0 saturated carbocycles. The van der Waals surface area contributed by atoms with E-state index in [1.54, 1.807) is 0 Å². The Morgan fingerprint density at radius 3 is 0.683 bits per heavy atom. The molecule has 0 aromatic heterocycles. The van der Waals surface area contributed by atoms with E-state index in [4.69, 9.17) is 37.0 Å². The van der Waals surface area contributed by atoms with Crippen molar-refractivity contribution in [2.45, 2.75) is 477 Å². The molecule has 3 unspecified atom stereocenters. The topological polar surface area (TPSA) is 237 Å². The molecule has 0 rings (SSSR count). The third kappa shape index (κ3) is 76.8. The molecule has 0 bridgehead atoms. The van der Waals surface area contributed by atoms with Gasteiger partial charge in [0.15, 0.2) is 12.2 Å². The van der Waals surface area contributed by atoms with Crippen LogP contribution in [0.25, 0.3) is 0 Å². The Labute approximate surface area is 638 Å². The number of aliphatic hydroxyl groups is 1. The molecule has 0 saturated heterocycles. The predicted molar refractivity (Wildman–Crippen MR) is 428 cm³/mol. The molecule has 0 heterocycles. The molecular weight excluding hydrogens is 1350 g/mol. The number of phosphoric acid groups is 2. The Morgan fingerprint density at radius 1 is 0.269 bits per heavy atom. The minimum Gasteiger partial charge on any atom is -0.462 e. The van der Waals surface area contributed by atoms with Crippen LogP contribution < -0.4 is 0 Å². The summed E-state index contributed by atoms with van der Waals surface area (Å²) < 4.78 is 68.6. The lowest BCUT2D eigenvalue weighted by Gasteiger charge is -2.21. The average molecular weight is 1520 g/mol. The molecule has 0 amide bonds. The van der Waals surface area contributed by atoms with E-state index in [1.165, 1.54) is 276 Å². The lowest BCUT2D eigenvalue weighted by Crippen LogP contribution is -2.30. The predicted octanol–water partition coefficient (Wildman–Crippen LogP) is 26.0. The summed E-state index contributed by atoms with van der Waals surface area (Å²) in [7, 11) is -9.91. The van der Waals surface area contributed by atoms with E-state index in [0.29, 0.717) is 25.7 Å². The minimum absolute atomic E-state index is 0.107. The Morgan fingerprint density at radius 2 is 0.462 bits per heavy atom. The Kier molecular flexibility index (Phi) is 76.3. The summed E-state index contributed by atoms with van der Waals surface area (Å²) >= 11 is 0. The highest BCUT2D eigenvalue weighted by atomic mass is 31.2. The molecule has 0 spiro atoms. The summed E-state index contributed by atoms with van der Waals surface area (Å²) in [6, 6.07) is 0. The van der Waals surface area contributed by atoms with Crippen molar-refractivity contribution in [2.24, 2.45) is 5.92 Å². The highest BCUT2D eigenvalue weighted by Crippen LogP contribution is 2.45. The highest BCUT2D eigenvalue weighted by molar-refractivity contribution is 7.47. The van der Waals surface area contributed by atoms with Crippen molar-refractivity contribution >= 4 is 39.5 Å². The largest absolute Gasteiger partial charge is 0.472 e. The second-order valence-electron chi connectivity index (χ2n) is 30.8. The Bertz CT molecular complexity index is 1980. The van der Waals surface area contributed by atoms with Crippen LogP contribution in [0.3, 0.4) is 0 Å². The first-order valence-electron chi connectivity index (χ1n) is 44.2. The number of carbonyl (C=O) groups is 4. The quantitative estimate of drug-likeness (QED) is 0.0222. The van der Waals surface area contributed by atoms with Gasteiger partial charge in [-0.15, -0.1) is 0 Å². The van der Waals surface area contributed by atoms with E-state index in [0.717, 1.165) is 102 Å². The van der Waals surface area contributed by atoms with Crippen LogP contribution in [0.15, 0.2) is 0 Å². The summed E-state index contributed by atoms with van der Waals surface area (Å²) in [6.45, 7) is 7.31. The third-order valence-corrected chi connectivity index (χ3v) is 22.3. The zero-order valence-electron chi connectivity index (χ0n) is 68.2. The fourth-order valence-corrected chi connectivity index (χ4v) is 14.8. The first kappa shape index (κ1) is 102. The van der Waals surface area contributed by atoms with Gasteiger partial charge in [0.25, 0.3) is 0 Å². The lowest BCUT2D eigenvalue weighted by molar-refractivity contribution is -0.161. The maximum Gasteiger partial charge on any atom is 0.472 e. The van der Waals surface area contributed by atoms with E-state index < -0.39 is 97.5 Å². The van der Waals surface area contributed by atoms with Gasteiger partial charge in [0.1, 0.15) is 19.3 Å². The molecule has 19 heteroatoms. The van der Waals surface area contributed by atoms with E-state index >= 15 is 0 Å². The van der Waals surface area contributed by atoms with Crippen molar-refractivity contribution in [1.29, 1.82) is 0 Å². The smallest absolute Gasteiger partial charge is 0.462 e. The van der Waals surface area contributed by atoms with Crippen molar-refractivity contribution in [3.05, 3.63) is 0 Å². The second kappa shape index (κ2) is 77.8. The number of hydrogen-bond donors (Lipinski definition) is 3. The van der Waals surface area contributed by atoms with Gasteiger partial charge >= 0.3 is 39.5 Å². The van der Waals surface area contributed by atoms with E-state index in [1.807, 2.05) is 0 Å². The molecule has 6 atom stereocenters. The number of hydrogen-bond acceptors (Lipinski definition) is 15. The van der Waals surface area contributed by atoms with Crippen molar-refractivity contribution in [3.8, 4) is 0 Å². The van der Waals surface area contributed by atoms with Gasteiger partial charge in [0.2, 0.25) is 0 Å². The lowest BCUT2D eigenvalue weighted by atomic mass is 9.99. The Hall–Kier alpha value is -1.94. The average Bonchev–Trinajstić information content (AvgIpc) is 0.906. The summed E-state index contributed by atoms with van der Waals surface area (Å²) in [4.78, 5) is 72.9. The molecule has 104 heavy (non-hydrogen) atoms. The number of aliphatic hydroxyl groups excluding tert-OH is 1. The summed E-state index contributed by atoms with van der Waals surface area (Å²) in [6.07, 6.45) is 71.4. The van der Waals surface area contributed by atoms with E-state index in [2.05, 4.69) is 34.6 Å². The van der Waals surface area contributed by atoms with Crippen LogP contribution in [-0.4, -0.2) is 96.7 Å². The maximum atomic E-state index is 13.1. The number of phosphoric ester groups is 2. The number of unbranched alkanes of at least 4 members (excludes halogenated alkanes) is 56. The molecule has 0 aliphatic carbocycles. The number of ether oxygens (including phenoxy) is 4. The van der Waals surface area contributed by atoms with Crippen LogP contribution in [0.1, 0.15) is 458 Å². The molecule has 0 aliphatic heterocycles. The highest BCUT2D eigenvalue weighted by Gasteiger charge is 2.30. The van der Waals surface area contributed by atoms with Crippen molar-refractivity contribution in [1.82, 2.24) is 0 Å². The SMILES string of the molecule is CCCCCCCCCCCCCCCCCCCCCCCCC(=O)O[C@H](COC(=O)CCCCCCCCCCCCCCCCCCCCC)COP(=O)(O)OC[C@@H](O)COP(=O)(O)OC[C@@H](COC(=O)CCCCCCC)OC(=O)CCCCCCCCCCCCCCCCC(C)CC. The van der Waals surface area contributed by atoms with E-state index in [-0.39, 0.29) is 25.7 Å². The first-order valence-corrected chi connectivity index (χ1v) is 47.2.